The molecule has 6 heteroatoms. The number of primary amides is 1. The molecule has 1 saturated carbocycles. The Bertz CT molecular complexity index is 702. The molecular weight excluding hydrogens is 374 g/mol. The topological polar surface area (TPSA) is 79.3 Å². The summed E-state index contributed by atoms with van der Waals surface area (Å²) in [6, 6.07) is 7.51. The van der Waals surface area contributed by atoms with Gasteiger partial charge in [0.1, 0.15) is 23.5 Å². The van der Waals surface area contributed by atoms with Crippen molar-refractivity contribution in [1.82, 2.24) is 4.90 Å². The number of amides is 1. The van der Waals surface area contributed by atoms with Crippen molar-refractivity contribution in [3.05, 3.63) is 28.8 Å². The van der Waals surface area contributed by atoms with E-state index >= 15 is 0 Å². The Morgan fingerprint density at radius 3 is 2.50 bits per heavy atom. The molecule has 152 valence electrons. The summed E-state index contributed by atoms with van der Waals surface area (Å²) in [5.41, 5.74) is 5.75. The zero-order valence-electron chi connectivity index (χ0n) is 16.4. The van der Waals surface area contributed by atoms with E-state index in [1.807, 2.05) is 12.1 Å². The molecule has 0 atom stereocenters. The number of rotatable bonds is 7. The van der Waals surface area contributed by atoms with Crippen molar-refractivity contribution >= 4 is 17.5 Å². The van der Waals surface area contributed by atoms with Crippen molar-refractivity contribution in [3.8, 4) is 11.8 Å². The fourth-order valence-corrected chi connectivity index (χ4v) is 4.72. The molecule has 1 aliphatic heterocycles. The van der Waals surface area contributed by atoms with Gasteiger partial charge in [0.25, 0.3) is 0 Å². The maximum absolute atomic E-state index is 11.1. The number of ether oxygens (including phenoxy) is 1. The molecule has 0 spiro atoms. The lowest BCUT2D eigenvalue weighted by Gasteiger charge is -2.34. The number of piperidine rings is 1. The molecule has 0 radical (unpaired) electrons. The van der Waals surface area contributed by atoms with E-state index in [1.165, 1.54) is 19.3 Å². The predicted octanol–water partition coefficient (Wildman–Crippen LogP) is 4.13. The number of hydrogen-bond donors (Lipinski definition) is 1. The molecule has 1 saturated heterocycles. The van der Waals surface area contributed by atoms with Gasteiger partial charge in [0.05, 0.1) is 5.02 Å². The first kappa shape index (κ1) is 21.0. The molecule has 1 heterocycles. The SMILES string of the molecule is N#Cc1c(Cl)cccc1OC1CCN(CCC2CCC(CC(N)=O)CC2)CC1. The Morgan fingerprint density at radius 2 is 1.86 bits per heavy atom. The van der Waals surface area contributed by atoms with Gasteiger partial charge in [0, 0.05) is 19.5 Å². The lowest BCUT2D eigenvalue weighted by atomic mass is 9.79. The Kier molecular flexibility index (Phi) is 7.58. The largest absolute Gasteiger partial charge is 0.489 e. The Balaban J connectivity index is 1.37. The lowest BCUT2D eigenvalue weighted by Crippen LogP contribution is -2.39. The zero-order chi connectivity index (χ0) is 19.9. The Labute approximate surface area is 172 Å². The third kappa shape index (κ3) is 5.86. The molecule has 28 heavy (non-hydrogen) atoms. The first-order valence-corrected chi connectivity index (χ1v) is 10.8. The van der Waals surface area contributed by atoms with Crippen LogP contribution in [0.4, 0.5) is 0 Å². The standard InChI is InChI=1S/C22H30ClN3O2/c23-20-2-1-3-21(19(20)15-24)28-18-9-12-26(13-10-18)11-8-16-4-6-17(7-5-16)14-22(25)27/h1-3,16-18H,4-14H2,(H2,25,27). The van der Waals surface area contributed by atoms with Gasteiger partial charge < -0.3 is 15.4 Å². The van der Waals surface area contributed by atoms with Gasteiger partial charge in [-0.15, -0.1) is 0 Å². The number of nitrogens with two attached hydrogens (primary N) is 1. The van der Waals surface area contributed by atoms with Crippen LogP contribution in [0.25, 0.3) is 0 Å². The van der Waals surface area contributed by atoms with Crippen LogP contribution >= 0.6 is 11.6 Å². The molecule has 3 rings (SSSR count). The van der Waals surface area contributed by atoms with Crippen LogP contribution in [0.2, 0.25) is 5.02 Å². The van der Waals surface area contributed by atoms with E-state index in [1.54, 1.807) is 6.07 Å². The van der Waals surface area contributed by atoms with Crippen LogP contribution in [0.3, 0.4) is 0 Å². The summed E-state index contributed by atoms with van der Waals surface area (Å²) in [6.45, 7) is 3.20. The fourth-order valence-electron chi connectivity index (χ4n) is 4.52. The van der Waals surface area contributed by atoms with E-state index in [0.717, 1.165) is 51.2 Å². The van der Waals surface area contributed by atoms with Crippen molar-refractivity contribution in [2.24, 2.45) is 17.6 Å². The average molecular weight is 404 g/mol. The van der Waals surface area contributed by atoms with Crippen molar-refractivity contribution in [3.63, 3.8) is 0 Å². The number of carbonyl (C=O) groups is 1. The van der Waals surface area contributed by atoms with Crippen LogP contribution < -0.4 is 10.5 Å². The highest BCUT2D eigenvalue weighted by Crippen LogP contribution is 2.33. The summed E-state index contributed by atoms with van der Waals surface area (Å²) in [5, 5.41) is 9.73. The third-order valence-electron chi connectivity index (χ3n) is 6.23. The molecule has 5 nitrogen and oxygen atoms in total. The minimum Gasteiger partial charge on any atom is -0.489 e. The second-order valence-corrected chi connectivity index (χ2v) is 8.64. The van der Waals surface area contributed by atoms with Crippen LogP contribution in [0.15, 0.2) is 18.2 Å². The highest BCUT2D eigenvalue weighted by Gasteiger charge is 2.25. The first-order valence-electron chi connectivity index (χ1n) is 10.4. The molecule has 0 unspecified atom stereocenters. The maximum atomic E-state index is 11.1. The normalized spacial score (nSPS) is 23.9. The number of nitriles is 1. The van der Waals surface area contributed by atoms with Gasteiger partial charge in [-0.1, -0.05) is 30.5 Å². The second kappa shape index (κ2) is 10.1. The summed E-state index contributed by atoms with van der Waals surface area (Å²) in [4.78, 5) is 13.6. The van der Waals surface area contributed by atoms with E-state index in [9.17, 15) is 10.1 Å². The quantitative estimate of drug-likeness (QED) is 0.742. The lowest BCUT2D eigenvalue weighted by molar-refractivity contribution is -0.119. The summed E-state index contributed by atoms with van der Waals surface area (Å²) in [5.74, 6) is 1.73. The summed E-state index contributed by atoms with van der Waals surface area (Å²) < 4.78 is 6.07. The molecule has 1 aliphatic carbocycles. The number of nitrogens with zero attached hydrogens (tertiary/aromatic N) is 2. The van der Waals surface area contributed by atoms with Gasteiger partial charge in [-0.2, -0.15) is 5.26 Å². The summed E-state index contributed by atoms with van der Waals surface area (Å²) in [7, 11) is 0. The van der Waals surface area contributed by atoms with Crippen molar-refractivity contribution in [2.45, 2.75) is 57.5 Å². The Morgan fingerprint density at radius 1 is 1.18 bits per heavy atom. The minimum atomic E-state index is -0.159. The zero-order valence-corrected chi connectivity index (χ0v) is 17.2. The molecular formula is C22H30ClN3O2. The van der Waals surface area contributed by atoms with E-state index in [-0.39, 0.29) is 12.0 Å². The number of likely N-dealkylation sites (tertiary alicyclic amines) is 1. The predicted molar refractivity (Wildman–Crippen MR) is 110 cm³/mol. The number of benzene rings is 1. The van der Waals surface area contributed by atoms with Crippen LogP contribution in [0.1, 0.15) is 56.9 Å². The summed E-state index contributed by atoms with van der Waals surface area (Å²) in [6.07, 6.45) is 8.63. The monoisotopic (exact) mass is 403 g/mol. The summed E-state index contributed by atoms with van der Waals surface area (Å²) >= 11 is 6.09. The van der Waals surface area contributed by atoms with E-state index in [4.69, 9.17) is 22.1 Å². The Hall–Kier alpha value is -1.77. The average Bonchev–Trinajstić information content (AvgIpc) is 2.68. The third-order valence-corrected chi connectivity index (χ3v) is 6.54. The van der Waals surface area contributed by atoms with Crippen molar-refractivity contribution < 1.29 is 9.53 Å². The van der Waals surface area contributed by atoms with Gasteiger partial charge in [0.2, 0.25) is 5.91 Å². The molecule has 0 aromatic heterocycles. The van der Waals surface area contributed by atoms with E-state index in [2.05, 4.69) is 11.0 Å². The molecule has 1 aromatic rings. The van der Waals surface area contributed by atoms with Gasteiger partial charge in [-0.05, 0) is 62.6 Å². The molecule has 1 amide bonds. The molecule has 1 aromatic carbocycles. The fraction of sp³-hybridized carbons (Fsp3) is 0.636. The number of hydrogen-bond acceptors (Lipinski definition) is 4. The first-order chi connectivity index (χ1) is 13.5. The van der Waals surface area contributed by atoms with E-state index in [0.29, 0.717) is 28.7 Å². The van der Waals surface area contributed by atoms with E-state index < -0.39 is 0 Å². The second-order valence-electron chi connectivity index (χ2n) is 8.23. The smallest absolute Gasteiger partial charge is 0.217 e. The van der Waals surface area contributed by atoms with Crippen LogP contribution in [0.5, 0.6) is 5.75 Å². The van der Waals surface area contributed by atoms with Crippen molar-refractivity contribution in [1.29, 1.82) is 5.26 Å². The van der Waals surface area contributed by atoms with Gasteiger partial charge in [0.15, 0.2) is 0 Å². The van der Waals surface area contributed by atoms with Crippen LogP contribution in [-0.4, -0.2) is 36.5 Å². The molecule has 2 N–H and O–H groups in total. The molecule has 0 bridgehead atoms. The molecule has 2 fully saturated rings. The van der Waals surface area contributed by atoms with Gasteiger partial charge >= 0.3 is 0 Å². The van der Waals surface area contributed by atoms with Crippen LogP contribution in [-0.2, 0) is 4.79 Å². The molecule has 2 aliphatic rings. The van der Waals surface area contributed by atoms with Gasteiger partial charge in [-0.25, -0.2) is 0 Å². The minimum absolute atomic E-state index is 0.144. The highest BCUT2D eigenvalue weighted by atomic mass is 35.5. The van der Waals surface area contributed by atoms with Crippen molar-refractivity contribution in [2.75, 3.05) is 19.6 Å². The van der Waals surface area contributed by atoms with Crippen LogP contribution in [0, 0.1) is 23.2 Å². The van der Waals surface area contributed by atoms with Gasteiger partial charge in [-0.3, -0.25) is 4.79 Å². The number of halogens is 1. The number of carbonyl (C=O) groups excluding carboxylic acids is 1. The maximum Gasteiger partial charge on any atom is 0.217 e. The highest BCUT2D eigenvalue weighted by molar-refractivity contribution is 6.31.